The summed E-state index contributed by atoms with van der Waals surface area (Å²) in [6.45, 7) is 0. The molecule has 1 unspecified atom stereocenters. The molecule has 1 atom stereocenters. The summed E-state index contributed by atoms with van der Waals surface area (Å²) < 4.78 is 33.6. The van der Waals surface area contributed by atoms with Gasteiger partial charge in [0.2, 0.25) is 11.8 Å². The zero-order valence-corrected chi connectivity index (χ0v) is 13.8. The molecule has 3 rings (SSSR count). The smallest absolute Gasteiger partial charge is 0.211 e. The highest BCUT2D eigenvalue weighted by Crippen LogP contribution is 2.42. The van der Waals surface area contributed by atoms with Gasteiger partial charge in [0, 0.05) is 11.1 Å². The highest BCUT2D eigenvalue weighted by Gasteiger charge is 2.32. The molecular formula is C16H12F2N8O. The van der Waals surface area contributed by atoms with Crippen LogP contribution in [0, 0.1) is 34.4 Å². The Kier molecular flexibility index (Phi) is 4.36. The number of methoxy groups -OCH3 is 1. The lowest BCUT2D eigenvalue weighted by molar-refractivity contribution is 0.369. The quantitative estimate of drug-likeness (QED) is 0.455. The molecule has 2 aromatic rings. The van der Waals surface area contributed by atoms with E-state index in [1.54, 1.807) is 6.19 Å². The van der Waals surface area contributed by atoms with Crippen LogP contribution in [0.2, 0.25) is 0 Å². The monoisotopic (exact) mass is 370 g/mol. The number of hydrogen-bond donors (Lipinski definition) is 4. The molecule has 0 bridgehead atoms. The maximum absolute atomic E-state index is 14.7. The summed E-state index contributed by atoms with van der Waals surface area (Å²) in [4.78, 5) is 8.19. The van der Waals surface area contributed by atoms with Gasteiger partial charge in [-0.25, -0.2) is 14.4 Å². The van der Waals surface area contributed by atoms with Crippen molar-refractivity contribution in [2.24, 2.45) is 4.99 Å². The Morgan fingerprint density at radius 3 is 2.63 bits per heavy atom. The molecular weight excluding hydrogens is 358 g/mol. The van der Waals surface area contributed by atoms with Crippen LogP contribution in [0.25, 0.3) is 0 Å². The summed E-state index contributed by atoms with van der Waals surface area (Å²) in [6, 6.07) is 3.14. The number of rotatable bonds is 2. The summed E-state index contributed by atoms with van der Waals surface area (Å²) in [5.74, 6) is -2.85. The van der Waals surface area contributed by atoms with Crippen molar-refractivity contribution in [1.82, 2.24) is 10.3 Å². The topological polar surface area (TPSA) is 158 Å². The molecule has 0 saturated carbocycles. The number of nitrogens with zero attached hydrogens (tertiary/aromatic N) is 4. The maximum atomic E-state index is 14.7. The van der Waals surface area contributed by atoms with Crippen LogP contribution in [0.3, 0.4) is 0 Å². The Morgan fingerprint density at radius 1 is 1.26 bits per heavy atom. The van der Waals surface area contributed by atoms with E-state index in [1.165, 1.54) is 19.2 Å². The van der Waals surface area contributed by atoms with E-state index in [2.05, 4.69) is 20.6 Å². The molecule has 11 heteroatoms. The van der Waals surface area contributed by atoms with Crippen LogP contribution >= 0.6 is 0 Å². The van der Waals surface area contributed by atoms with Crippen molar-refractivity contribution in [3.63, 3.8) is 0 Å². The third-order valence-electron chi connectivity index (χ3n) is 3.95. The first-order valence-electron chi connectivity index (χ1n) is 7.43. The molecule has 0 amide bonds. The molecule has 0 aliphatic carbocycles. The summed E-state index contributed by atoms with van der Waals surface area (Å²) in [5, 5.41) is 23.0. The zero-order chi connectivity index (χ0) is 19.7. The molecule has 0 saturated heterocycles. The minimum atomic E-state index is -1.21. The van der Waals surface area contributed by atoms with Crippen molar-refractivity contribution < 1.29 is 13.5 Å². The largest absolute Gasteiger partial charge is 0.494 e. The fraction of sp³-hybridized carbons (Fsp3) is 0.125. The van der Waals surface area contributed by atoms with E-state index >= 15 is 0 Å². The van der Waals surface area contributed by atoms with E-state index in [0.717, 1.165) is 0 Å². The van der Waals surface area contributed by atoms with Gasteiger partial charge in [0.05, 0.1) is 12.8 Å². The molecule has 0 spiro atoms. The van der Waals surface area contributed by atoms with Crippen molar-refractivity contribution in [3.8, 4) is 18.0 Å². The van der Waals surface area contributed by atoms with Crippen LogP contribution in [0.4, 0.5) is 26.1 Å². The van der Waals surface area contributed by atoms with Gasteiger partial charge < -0.3 is 21.5 Å². The first-order chi connectivity index (χ1) is 12.9. The van der Waals surface area contributed by atoms with Crippen LogP contribution in [0.1, 0.15) is 22.7 Å². The van der Waals surface area contributed by atoms with Crippen LogP contribution in [0.15, 0.2) is 17.1 Å². The van der Waals surface area contributed by atoms with Gasteiger partial charge >= 0.3 is 0 Å². The van der Waals surface area contributed by atoms with E-state index in [0.29, 0.717) is 0 Å². The number of ether oxygens (including phenoxy) is 1. The Balaban J connectivity index is 2.29. The number of guanidine groups is 1. The van der Waals surface area contributed by atoms with Crippen LogP contribution in [0.5, 0.6) is 5.75 Å². The standard InChI is InChI=1S/C16H12F2N8O/c1-27-8-3-2-6(10(17)11(8)18)13-9-12(21)7(4-19)14(22)25-15(9)26-16(24-13)23-5-20/h2-3,13H,1H3,(H6,21,22,23,24,25,26). The van der Waals surface area contributed by atoms with Gasteiger partial charge in [0.1, 0.15) is 29.3 Å². The molecule has 6 N–H and O–H groups in total. The van der Waals surface area contributed by atoms with E-state index in [4.69, 9.17) is 21.5 Å². The second kappa shape index (κ2) is 6.65. The predicted octanol–water partition coefficient (Wildman–Crippen LogP) is 1.35. The van der Waals surface area contributed by atoms with Gasteiger partial charge in [0.25, 0.3) is 0 Å². The number of nitrogens with one attached hydrogen (secondary N) is 2. The Morgan fingerprint density at radius 2 is 2.00 bits per heavy atom. The van der Waals surface area contributed by atoms with Crippen molar-refractivity contribution in [3.05, 3.63) is 40.5 Å². The summed E-state index contributed by atoms with van der Waals surface area (Å²) in [7, 11) is 1.20. The van der Waals surface area contributed by atoms with E-state index in [9.17, 15) is 14.0 Å². The molecule has 2 heterocycles. The second-order valence-electron chi connectivity index (χ2n) is 5.39. The van der Waals surface area contributed by atoms with Gasteiger partial charge in [-0.15, -0.1) is 0 Å². The molecule has 1 aliphatic heterocycles. The van der Waals surface area contributed by atoms with Crippen molar-refractivity contribution in [2.45, 2.75) is 6.04 Å². The van der Waals surface area contributed by atoms with Crippen LogP contribution < -0.4 is 26.8 Å². The number of anilines is 3. The van der Waals surface area contributed by atoms with Crippen molar-refractivity contribution >= 4 is 23.3 Å². The molecule has 9 nitrogen and oxygen atoms in total. The summed E-state index contributed by atoms with van der Waals surface area (Å²) in [5.41, 5.74) is 11.5. The maximum Gasteiger partial charge on any atom is 0.211 e. The third-order valence-corrected chi connectivity index (χ3v) is 3.95. The number of aromatic nitrogens is 1. The normalized spacial score (nSPS) is 14.9. The number of hydrogen-bond acceptors (Lipinski definition) is 9. The summed E-state index contributed by atoms with van der Waals surface area (Å²) >= 11 is 0. The average Bonchev–Trinajstić information content (AvgIpc) is 2.63. The zero-order valence-electron chi connectivity index (χ0n) is 13.8. The fourth-order valence-electron chi connectivity index (χ4n) is 2.72. The van der Waals surface area contributed by atoms with Gasteiger partial charge in [-0.1, -0.05) is 0 Å². The predicted molar refractivity (Wildman–Crippen MR) is 92.3 cm³/mol. The van der Waals surface area contributed by atoms with Crippen LogP contribution in [-0.4, -0.2) is 18.1 Å². The van der Waals surface area contributed by atoms with E-state index in [-0.39, 0.29) is 45.7 Å². The fourth-order valence-corrected chi connectivity index (χ4v) is 2.72. The minimum absolute atomic E-state index is 0.0670. The lowest BCUT2D eigenvalue weighted by Gasteiger charge is -2.26. The van der Waals surface area contributed by atoms with Gasteiger partial charge in [-0.3, -0.25) is 5.32 Å². The number of nitrogens with two attached hydrogens (primary N) is 2. The molecule has 1 aromatic heterocycles. The Hall–Kier alpha value is -4.12. The first-order valence-corrected chi connectivity index (χ1v) is 7.43. The number of halogens is 2. The lowest BCUT2D eigenvalue weighted by atomic mass is 9.94. The van der Waals surface area contributed by atoms with Gasteiger partial charge in [0.15, 0.2) is 17.8 Å². The molecule has 27 heavy (non-hydrogen) atoms. The molecule has 0 fully saturated rings. The highest BCUT2D eigenvalue weighted by molar-refractivity contribution is 5.98. The van der Waals surface area contributed by atoms with Gasteiger partial charge in [-0.2, -0.15) is 14.9 Å². The lowest BCUT2D eigenvalue weighted by Crippen LogP contribution is -2.33. The number of nitriles is 2. The number of aliphatic imine (C=N–C) groups is 1. The van der Waals surface area contributed by atoms with Gasteiger partial charge in [-0.05, 0) is 12.1 Å². The Bertz CT molecular complexity index is 1050. The first kappa shape index (κ1) is 17.7. The highest BCUT2D eigenvalue weighted by atomic mass is 19.2. The SMILES string of the molecule is COc1ccc(C2N=C(NC#N)Nc3nc(N)c(C#N)c(N)c32)c(F)c1F. The van der Waals surface area contributed by atoms with Crippen LogP contribution in [-0.2, 0) is 0 Å². The molecule has 136 valence electrons. The second-order valence-corrected chi connectivity index (χ2v) is 5.39. The van der Waals surface area contributed by atoms with E-state index in [1.807, 2.05) is 6.07 Å². The van der Waals surface area contributed by atoms with Crippen molar-refractivity contribution in [1.29, 1.82) is 10.5 Å². The minimum Gasteiger partial charge on any atom is -0.494 e. The number of benzene rings is 1. The number of fused-ring (bicyclic) bond motifs is 1. The number of nitrogen functional groups attached to an aromatic ring is 2. The molecule has 1 aliphatic rings. The third kappa shape index (κ3) is 2.77. The van der Waals surface area contributed by atoms with Crippen molar-refractivity contribution in [2.75, 3.05) is 23.9 Å². The Labute approximate surface area is 151 Å². The summed E-state index contributed by atoms with van der Waals surface area (Å²) in [6.07, 6.45) is 1.66. The molecule has 0 radical (unpaired) electrons. The average molecular weight is 370 g/mol. The number of pyridine rings is 1. The molecule has 1 aromatic carbocycles. The van der Waals surface area contributed by atoms with E-state index < -0.39 is 17.7 Å².